The molecule has 0 amide bonds. The van der Waals surface area contributed by atoms with Crippen LogP contribution in [0.25, 0.3) is 0 Å². The van der Waals surface area contributed by atoms with Crippen molar-refractivity contribution < 1.29 is 23.5 Å². The fourth-order valence-electron chi connectivity index (χ4n) is 1.40. The lowest BCUT2D eigenvalue weighted by Crippen LogP contribution is -2.22. The van der Waals surface area contributed by atoms with Gasteiger partial charge in [0.15, 0.2) is 0 Å². The molecule has 0 aliphatic heterocycles. The zero-order chi connectivity index (χ0) is 14.1. The van der Waals surface area contributed by atoms with Gasteiger partial charge < -0.3 is 18.9 Å². The van der Waals surface area contributed by atoms with E-state index in [-0.39, 0.29) is 32.7 Å². The molecule has 19 heavy (non-hydrogen) atoms. The standard InChI is InChI=1S/C10H20N3O5P/c1-3-17-19(15,18-4-2)9-16-6-10(14)5-13-8-11-7-12-13/h7-8,10,14H,3-6,9H2,1-2H3. The van der Waals surface area contributed by atoms with E-state index in [9.17, 15) is 9.67 Å². The molecule has 110 valence electrons. The summed E-state index contributed by atoms with van der Waals surface area (Å²) < 4.78 is 28.8. The first-order valence-electron chi connectivity index (χ1n) is 6.06. The molecule has 1 atom stereocenters. The van der Waals surface area contributed by atoms with Crippen LogP contribution in [0.1, 0.15) is 13.8 Å². The van der Waals surface area contributed by atoms with E-state index in [1.54, 1.807) is 13.8 Å². The van der Waals surface area contributed by atoms with Crippen molar-refractivity contribution in [2.24, 2.45) is 0 Å². The molecule has 0 aromatic carbocycles. The molecule has 0 saturated carbocycles. The Morgan fingerprint density at radius 3 is 2.58 bits per heavy atom. The van der Waals surface area contributed by atoms with Crippen LogP contribution in [0.3, 0.4) is 0 Å². The minimum atomic E-state index is -3.21. The van der Waals surface area contributed by atoms with Crippen molar-refractivity contribution in [2.45, 2.75) is 26.5 Å². The number of aromatic nitrogens is 3. The summed E-state index contributed by atoms with van der Waals surface area (Å²) in [6, 6.07) is 0. The van der Waals surface area contributed by atoms with Crippen molar-refractivity contribution in [1.82, 2.24) is 14.8 Å². The average Bonchev–Trinajstić information content (AvgIpc) is 2.82. The lowest BCUT2D eigenvalue weighted by Gasteiger charge is -2.18. The van der Waals surface area contributed by atoms with Crippen LogP contribution in [-0.4, -0.2) is 52.1 Å². The number of aliphatic hydroxyl groups is 1. The monoisotopic (exact) mass is 293 g/mol. The maximum absolute atomic E-state index is 12.0. The summed E-state index contributed by atoms with van der Waals surface area (Å²) in [5, 5.41) is 13.6. The molecule has 0 spiro atoms. The summed E-state index contributed by atoms with van der Waals surface area (Å²) in [7, 11) is -3.21. The molecule has 1 heterocycles. The van der Waals surface area contributed by atoms with Crippen LogP contribution < -0.4 is 0 Å². The number of hydrogen-bond donors (Lipinski definition) is 1. The first-order valence-corrected chi connectivity index (χ1v) is 7.78. The molecular formula is C10H20N3O5P. The molecule has 0 saturated heterocycles. The van der Waals surface area contributed by atoms with E-state index in [0.29, 0.717) is 0 Å². The molecule has 1 aromatic rings. The van der Waals surface area contributed by atoms with Crippen LogP contribution in [0.5, 0.6) is 0 Å². The Labute approximate surface area is 112 Å². The molecule has 0 radical (unpaired) electrons. The second-order valence-corrected chi connectivity index (χ2v) is 5.71. The minimum absolute atomic E-state index is 0.0179. The second kappa shape index (κ2) is 8.39. The highest BCUT2D eigenvalue weighted by molar-refractivity contribution is 7.53. The summed E-state index contributed by atoms with van der Waals surface area (Å²) >= 11 is 0. The topological polar surface area (TPSA) is 95.7 Å². The van der Waals surface area contributed by atoms with Crippen molar-refractivity contribution in [3.8, 4) is 0 Å². The van der Waals surface area contributed by atoms with Crippen LogP contribution >= 0.6 is 7.60 Å². The Morgan fingerprint density at radius 1 is 1.37 bits per heavy atom. The molecular weight excluding hydrogens is 273 g/mol. The lowest BCUT2D eigenvalue weighted by molar-refractivity contribution is 0.0352. The van der Waals surface area contributed by atoms with Gasteiger partial charge >= 0.3 is 7.60 Å². The molecule has 1 N–H and O–H groups in total. The highest BCUT2D eigenvalue weighted by atomic mass is 31.2. The maximum atomic E-state index is 12.0. The molecule has 0 aliphatic rings. The fourth-order valence-corrected chi connectivity index (χ4v) is 2.74. The summed E-state index contributed by atoms with van der Waals surface area (Å²) in [6.45, 7) is 4.29. The largest absolute Gasteiger partial charge is 0.389 e. The predicted octanol–water partition coefficient (Wildman–Crippen LogP) is 0.879. The third kappa shape index (κ3) is 6.26. The summed E-state index contributed by atoms with van der Waals surface area (Å²) in [5.41, 5.74) is 0. The van der Waals surface area contributed by atoms with Gasteiger partial charge in [-0.2, -0.15) is 5.10 Å². The Balaban J connectivity index is 2.29. The zero-order valence-corrected chi connectivity index (χ0v) is 12.0. The fraction of sp³-hybridized carbons (Fsp3) is 0.800. The van der Waals surface area contributed by atoms with E-state index in [1.165, 1.54) is 17.3 Å². The van der Waals surface area contributed by atoms with E-state index >= 15 is 0 Å². The van der Waals surface area contributed by atoms with Crippen LogP contribution in [0, 0.1) is 0 Å². The van der Waals surface area contributed by atoms with E-state index in [2.05, 4.69) is 10.1 Å². The van der Waals surface area contributed by atoms with Gasteiger partial charge in [0.25, 0.3) is 0 Å². The van der Waals surface area contributed by atoms with Gasteiger partial charge in [0.05, 0.1) is 32.5 Å². The number of hydrogen-bond acceptors (Lipinski definition) is 7. The van der Waals surface area contributed by atoms with E-state index in [1.807, 2.05) is 0 Å². The van der Waals surface area contributed by atoms with Crippen LogP contribution in [0.15, 0.2) is 12.7 Å². The predicted molar refractivity (Wildman–Crippen MR) is 67.7 cm³/mol. The molecule has 1 aromatic heterocycles. The quantitative estimate of drug-likeness (QED) is 0.640. The molecule has 1 unspecified atom stereocenters. The van der Waals surface area contributed by atoms with Crippen molar-refractivity contribution >= 4 is 7.60 Å². The van der Waals surface area contributed by atoms with Gasteiger partial charge in [0, 0.05) is 0 Å². The first-order chi connectivity index (χ1) is 9.09. The number of aliphatic hydroxyl groups excluding tert-OH is 1. The highest BCUT2D eigenvalue weighted by Gasteiger charge is 2.24. The molecule has 1 rings (SSSR count). The SMILES string of the molecule is CCOP(=O)(COCC(O)Cn1cncn1)OCC. The minimum Gasteiger partial charge on any atom is -0.389 e. The Hall–Kier alpha value is -0.790. The van der Waals surface area contributed by atoms with Crippen molar-refractivity contribution in [2.75, 3.05) is 26.2 Å². The van der Waals surface area contributed by atoms with Gasteiger partial charge in [0.2, 0.25) is 0 Å². The Morgan fingerprint density at radius 2 is 2.05 bits per heavy atom. The molecule has 8 nitrogen and oxygen atoms in total. The lowest BCUT2D eigenvalue weighted by atomic mass is 10.4. The van der Waals surface area contributed by atoms with Crippen molar-refractivity contribution in [1.29, 1.82) is 0 Å². The Kier molecular flexibility index (Phi) is 7.19. The summed E-state index contributed by atoms with van der Waals surface area (Å²) in [4.78, 5) is 3.76. The maximum Gasteiger partial charge on any atom is 0.356 e. The number of rotatable bonds is 10. The molecule has 9 heteroatoms. The van der Waals surface area contributed by atoms with Gasteiger partial charge in [-0.3, -0.25) is 9.25 Å². The van der Waals surface area contributed by atoms with Crippen molar-refractivity contribution in [3.05, 3.63) is 12.7 Å². The molecule has 0 bridgehead atoms. The second-order valence-electron chi connectivity index (χ2n) is 3.72. The zero-order valence-electron chi connectivity index (χ0n) is 11.1. The van der Waals surface area contributed by atoms with Gasteiger partial charge in [-0.1, -0.05) is 0 Å². The van der Waals surface area contributed by atoms with Gasteiger partial charge in [-0.15, -0.1) is 0 Å². The van der Waals surface area contributed by atoms with Gasteiger partial charge in [-0.25, -0.2) is 4.98 Å². The van der Waals surface area contributed by atoms with Crippen molar-refractivity contribution in [3.63, 3.8) is 0 Å². The molecule has 0 fully saturated rings. The van der Waals surface area contributed by atoms with Gasteiger partial charge in [-0.05, 0) is 13.8 Å². The molecule has 0 aliphatic carbocycles. The van der Waals surface area contributed by atoms with Crippen LogP contribution in [0.4, 0.5) is 0 Å². The van der Waals surface area contributed by atoms with E-state index in [0.717, 1.165) is 0 Å². The Bertz CT molecular complexity index is 377. The third-order valence-electron chi connectivity index (χ3n) is 2.08. The first kappa shape index (κ1) is 16.3. The summed E-state index contributed by atoms with van der Waals surface area (Å²) in [6.07, 6.45) is 1.93. The van der Waals surface area contributed by atoms with Crippen LogP contribution in [-0.2, 0) is 24.9 Å². The summed E-state index contributed by atoms with van der Waals surface area (Å²) in [5.74, 6) is 0. The number of ether oxygens (including phenoxy) is 1. The van der Waals surface area contributed by atoms with E-state index < -0.39 is 13.7 Å². The number of nitrogens with zero attached hydrogens (tertiary/aromatic N) is 3. The van der Waals surface area contributed by atoms with Crippen LogP contribution in [0.2, 0.25) is 0 Å². The average molecular weight is 293 g/mol. The highest BCUT2D eigenvalue weighted by Crippen LogP contribution is 2.47. The van der Waals surface area contributed by atoms with Gasteiger partial charge in [0.1, 0.15) is 19.0 Å². The normalized spacial score (nSPS) is 13.6. The third-order valence-corrected chi connectivity index (χ3v) is 3.88. The van der Waals surface area contributed by atoms with E-state index in [4.69, 9.17) is 13.8 Å². The smallest absolute Gasteiger partial charge is 0.356 e.